The van der Waals surface area contributed by atoms with E-state index < -0.39 is 0 Å². The number of halogens is 1. The van der Waals surface area contributed by atoms with Gasteiger partial charge < -0.3 is 20.1 Å². The third-order valence-corrected chi connectivity index (χ3v) is 4.91. The molecule has 1 fully saturated rings. The Labute approximate surface area is 152 Å². The Kier molecular flexibility index (Phi) is 5.73. The van der Waals surface area contributed by atoms with Crippen LogP contribution in [-0.2, 0) is 9.47 Å². The van der Waals surface area contributed by atoms with Gasteiger partial charge in [0.15, 0.2) is 17.3 Å². The smallest absolute Gasteiger partial charge is 0.159 e. The zero-order valence-corrected chi connectivity index (χ0v) is 15.2. The number of hydrogen-bond donors (Lipinski definition) is 1. The molecule has 0 bridgehead atoms. The fourth-order valence-electron chi connectivity index (χ4n) is 3.37. The third-order valence-electron chi connectivity index (χ3n) is 4.73. The summed E-state index contributed by atoms with van der Waals surface area (Å²) in [5, 5.41) is 7.96. The number of nitrogens with two attached hydrogens (primary N) is 1. The van der Waals surface area contributed by atoms with E-state index in [1.807, 2.05) is 12.1 Å². The molecule has 3 rings (SSSR count). The summed E-state index contributed by atoms with van der Waals surface area (Å²) in [6.45, 7) is 1.97. The molecule has 1 saturated heterocycles. The van der Waals surface area contributed by atoms with Crippen molar-refractivity contribution in [1.29, 1.82) is 0 Å². The minimum absolute atomic E-state index is 0.114. The van der Waals surface area contributed by atoms with Crippen molar-refractivity contribution in [3.8, 4) is 11.1 Å². The summed E-state index contributed by atoms with van der Waals surface area (Å²) in [6.07, 6.45) is 1.98. The predicted molar refractivity (Wildman–Crippen MR) is 99.6 cm³/mol. The van der Waals surface area contributed by atoms with Gasteiger partial charge in [0.05, 0.1) is 0 Å². The Morgan fingerprint density at radius 3 is 2.36 bits per heavy atom. The highest BCUT2D eigenvalue weighted by Crippen LogP contribution is 2.30. The number of hydrogen-bond acceptors (Lipinski definition) is 6. The third kappa shape index (κ3) is 4.03. The topological polar surface area (TPSA) is 73.5 Å². The SMILES string of the molecule is COC(OC)C1CCN(c2ccc(-c3cc(Cl)nnc3N)cc2)CC1. The summed E-state index contributed by atoms with van der Waals surface area (Å²) in [6, 6.07) is 10.0. The summed E-state index contributed by atoms with van der Waals surface area (Å²) < 4.78 is 10.8. The van der Waals surface area contributed by atoms with Crippen molar-refractivity contribution in [1.82, 2.24) is 10.2 Å². The van der Waals surface area contributed by atoms with Gasteiger partial charge in [0.1, 0.15) is 0 Å². The number of benzene rings is 1. The van der Waals surface area contributed by atoms with Crippen LogP contribution in [0.5, 0.6) is 0 Å². The molecule has 2 heterocycles. The number of nitrogen functional groups attached to an aromatic ring is 1. The van der Waals surface area contributed by atoms with Gasteiger partial charge in [-0.1, -0.05) is 23.7 Å². The van der Waals surface area contributed by atoms with Crippen LogP contribution in [0.15, 0.2) is 30.3 Å². The first-order valence-electron chi connectivity index (χ1n) is 8.32. The molecule has 1 aliphatic heterocycles. The molecule has 2 N–H and O–H groups in total. The van der Waals surface area contributed by atoms with Gasteiger partial charge in [-0.25, -0.2) is 0 Å². The minimum Gasteiger partial charge on any atom is -0.382 e. The number of aromatic nitrogens is 2. The van der Waals surface area contributed by atoms with Crippen molar-refractivity contribution in [3.05, 3.63) is 35.5 Å². The monoisotopic (exact) mass is 362 g/mol. The number of piperidine rings is 1. The van der Waals surface area contributed by atoms with Crippen LogP contribution in [0.2, 0.25) is 5.15 Å². The lowest BCUT2D eigenvalue weighted by molar-refractivity contribution is -0.141. The van der Waals surface area contributed by atoms with Gasteiger partial charge in [-0.2, -0.15) is 0 Å². The second-order valence-electron chi connectivity index (χ2n) is 6.18. The molecule has 1 aromatic heterocycles. The number of rotatable bonds is 5. The van der Waals surface area contributed by atoms with E-state index in [0.717, 1.165) is 37.1 Å². The summed E-state index contributed by atoms with van der Waals surface area (Å²) in [4.78, 5) is 2.38. The van der Waals surface area contributed by atoms with Gasteiger partial charge in [0, 0.05) is 44.5 Å². The molecule has 0 amide bonds. The largest absolute Gasteiger partial charge is 0.382 e. The van der Waals surface area contributed by atoms with Crippen LogP contribution in [-0.4, -0.2) is 43.8 Å². The van der Waals surface area contributed by atoms with Crippen LogP contribution in [0, 0.1) is 5.92 Å². The second-order valence-corrected chi connectivity index (χ2v) is 6.56. The molecular formula is C18H23ClN4O2. The Hall–Kier alpha value is -1.89. The van der Waals surface area contributed by atoms with E-state index in [-0.39, 0.29) is 6.29 Å². The summed E-state index contributed by atoms with van der Waals surface area (Å²) in [5.41, 5.74) is 8.88. The zero-order valence-electron chi connectivity index (χ0n) is 14.5. The van der Waals surface area contributed by atoms with Crippen LogP contribution in [0.25, 0.3) is 11.1 Å². The standard InChI is InChI=1S/C18H23ClN4O2/c1-24-18(25-2)13-7-9-23(10-8-13)14-5-3-12(4-6-14)15-11-16(19)21-22-17(15)20/h3-6,11,13,18H,7-10H2,1-2H3,(H2,20,22). The maximum atomic E-state index is 5.92. The highest BCUT2D eigenvalue weighted by Gasteiger charge is 2.26. The lowest BCUT2D eigenvalue weighted by Gasteiger charge is -2.36. The quantitative estimate of drug-likeness (QED) is 0.823. The number of methoxy groups -OCH3 is 2. The van der Waals surface area contributed by atoms with E-state index in [1.54, 1.807) is 20.3 Å². The fraction of sp³-hybridized carbons (Fsp3) is 0.444. The molecule has 1 aromatic carbocycles. The summed E-state index contributed by atoms with van der Waals surface area (Å²) in [7, 11) is 3.40. The molecule has 1 aliphatic rings. The molecule has 0 saturated carbocycles. The number of nitrogens with zero attached hydrogens (tertiary/aromatic N) is 3. The molecule has 0 spiro atoms. The van der Waals surface area contributed by atoms with Gasteiger partial charge >= 0.3 is 0 Å². The maximum Gasteiger partial charge on any atom is 0.159 e. The molecular weight excluding hydrogens is 340 g/mol. The van der Waals surface area contributed by atoms with Crippen LogP contribution >= 0.6 is 11.6 Å². The van der Waals surface area contributed by atoms with Gasteiger partial charge in [0.25, 0.3) is 0 Å². The first-order valence-corrected chi connectivity index (χ1v) is 8.70. The molecule has 25 heavy (non-hydrogen) atoms. The molecule has 0 unspecified atom stereocenters. The van der Waals surface area contributed by atoms with Crippen molar-refractivity contribution in [3.63, 3.8) is 0 Å². The van der Waals surface area contributed by atoms with Crippen LogP contribution in [0.3, 0.4) is 0 Å². The zero-order chi connectivity index (χ0) is 17.8. The highest BCUT2D eigenvalue weighted by atomic mass is 35.5. The highest BCUT2D eigenvalue weighted by molar-refractivity contribution is 6.29. The fourth-order valence-corrected chi connectivity index (χ4v) is 3.52. The van der Waals surface area contributed by atoms with Crippen molar-refractivity contribution < 1.29 is 9.47 Å². The van der Waals surface area contributed by atoms with E-state index in [2.05, 4.69) is 27.2 Å². The Balaban J connectivity index is 1.68. The second kappa shape index (κ2) is 7.99. The molecule has 7 heteroatoms. The lowest BCUT2D eigenvalue weighted by Crippen LogP contribution is -2.39. The number of ether oxygens (including phenoxy) is 2. The van der Waals surface area contributed by atoms with E-state index in [0.29, 0.717) is 16.9 Å². The van der Waals surface area contributed by atoms with Gasteiger partial charge in [0.2, 0.25) is 0 Å². The lowest BCUT2D eigenvalue weighted by atomic mass is 9.95. The summed E-state index contributed by atoms with van der Waals surface area (Å²) >= 11 is 5.92. The van der Waals surface area contributed by atoms with Crippen molar-refractivity contribution >= 4 is 23.1 Å². The maximum absolute atomic E-state index is 5.92. The van der Waals surface area contributed by atoms with Gasteiger partial charge in [-0.15, -0.1) is 10.2 Å². The van der Waals surface area contributed by atoms with E-state index in [4.69, 9.17) is 26.8 Å². The molecule has 2 aromatic rings. The van der Waals surface area contributed by atoms with Crippen molar-refractivity contribution in [2.45, 2.75) is 19.1 Å². The average molecular weight is 363 g/mol. The molecule has 134 valence electrons. The normalized spacial score (nSPS) is 15.8. The minimum atomic E-state index is -0.114. The molecule has 0 atom stereocenters. The predicted octanol–water partition coefficient (Wildman–Crippen LogP) is 3.21. The van der Waals surface area contributed by atoms with E-state index >= 15 is 0 Å². The average Bonchev–Trinajstić information content (AvgIpc) is 2.65. The Bertz CT molecular complexity index is 699. The van der Waals surface area contributed by atoms with Crippen LogP contribution in [0.1, 0.15) is 12.8 Å². The molecule has 6 nitrogen and oxygen atoms in total. The first kappa shape index (κ1) is 17.9. The van der Waals surface area contributed by atoms with Crippen LogP contribution < -0.4 is 10.6 Å². The summed E-state index contributed by atoms with van der Waals surface area (Å²) in [5.74, 6) is 0.818. The van der Waals surface area contributed by atoms with E-state index in [1.165, 1.54) is 5.69 Å². The first-order chi connectivity index (χ1) is 12.1. The van der Waals surface area contributed by atoms with Gasteiger partial charge in [-0.3, -0.25) is 0 Å². The van der Waals surface area contributed by atoms with E-state index in [9.17, 15) is 0 Å². The Morgan fingerprint density at radius 2 is 1.76 bits per heavy atom. The van der Waals surface area contributed by atoms with Crippen molar-refractivity contribution in [2.75, 3.05) is 37.9 Å². The van der Waals surface area contributed by atoms with Crippen LogP contribution in [0.4, 0.5) is 11.5 Å². The van der Waals surface area contributed by atoms with Gasteiger partial charge in [-0.05, 0) is 36.6 Å². The van der Waals surface area contributed by atoms with Crippen molar-refractivity contribution in [2.24, 2.45) is 5.92 Å². The number of anilines is 2. The molecule has 0 aliphatic carbocycles. The molecule has 0 radical (unpaired) electrons. The Morgan fingerprint density at radius 1 is 1.12 bits per heavy atom.